The third-order valence-electron chi connectivity index (χ3n) is 2.59. The van der Waals surface area contributed by atoms with Crippen LogP contribution in [0.5, 0.6) is 11.5 Å². The molecule has 104 valence electrons. The first kappa shape index (κ1) is 15.4. The quantitative estimate of drug-likeness (QED) is 0.591. The molecule has 0 spiro atoms. The number of phenolic OH excluding ortho intramolecular Hbond substituents is 1. The van der Waals surface area contributed by atoms with Crippen molar-refractivity contribution in [3.05, 3.63) is 78.8 Å². The lowest BCUT2D eigenvalue weighted by Gasteiger charge is -2.11. The number of ether oxygens (including phenoxy) is 1. The van der Waals surface area contributed by atoms with Gasteiger partial charge in [0.2, 0.25) is 0 Å². The molecule has 20 heavy (non-hydrogen) atoms. The Morgan fingerprint density at radius 2 is 2.00 bits per heavy atom. The van der Waals surface area contributed by atoms with Crippen molar-refractivity contribution < 1.29 is 14.9 Å². The number of phenols is 1. The number of benzene rings is 1. The predicted octanol–water partition coefficient (Wildman–Crippen LogP) is 4.50. The molecule has 1 rings (SSSR count). The lowest BCUT2D eigenvalue weighted by Crippen LogP contribution is -1.99. The molecule has 0 bridgehead atoms. The zero-order chi connectivity index (χ0) is 15.1. The largest absolute Gasteiger partial charge is 0.505 e. The number of rotatable bonds is 6. The minimum Gasteiger partial charge on any atom is -0.505 e. The standard InChI is InChI=1S/C17H18O3/c1-5-13(6-2)10-16(12(4)18)20-17-11-14(7-3)8-9-15(17)19/h5-11,18-19H,1,3-4H2,2H3/b13-6-,16-10+. The number of aliphatic hydroxyl groups is 1. The predicted molar refractivity (Wildman–Crippen MR) is 82.6 cm³/mol. The van der Waals surface area contributed by atoms with Crippen LogP contribution in [0.15, 0.2) is 73.3 Å². The maximum Gasteiger partial charge on any atom is 0.169 e. The molecule has 0 amide bonds. The van der Waals surface area contributed by atoms with E-state index in [1.54, 1.807) is 36.4 Å². The van der Waals surface area contributed by atoms with Crippen LogP contribution in [0.4, 0.5) is 0 Å². The van der Waals surface area contributed by atoms with Gasteiger partial charge in [-0.3, -0.25) is 0 Å². The molecule has 0 heterocycles. The number of aromatic hydroxyl groups is 1. The van der Waals surface area contributed by atoms with Crippen molar-refractivity contribution in [3.8, 4) is 11.5 Å². The maximum atomic E-state index is 9.78. The molecule has 2 N–H and O–H groups in total. The van der Waals surface area contributed by atoms with Crippen LogP contribution in [0.3, 0.4) is 0 Å². The van der Waals surface area contributed by atoms with Crippen LogP contribution in [-0.4, -0.2) is 10.2 Å². The highest BCUT2D eigenvalue weighted by Gasteiger charge is 2.09. The molecule has 1 aromatic rings. The molecule has 0 saturated heterocycles. The zero-order valence-electron chi connectivity index (χ0n) is 11.5. The lowest BCUT2D eigenvalue weighted by atomic mass is 10.2. The molecular weight excluding hydrogens is 252 g/mol. The van der Waals surface area contributed by atoms with Crippen LogP contribution >= 0.6 is 0 Å². The summed E-state index contributed by atoms with van der Waals surface area (Å²) in [6.07, 6.45) is 6.63. The third-order valence-corrected chi connectivity index (χ3v) is 2.59. The van der Waals surface area contributed by atoms with Gasteiger partial charge in [-0.15, -0.1) is 0 Å². The van der Waals surface area contributed by atoms with Gasteiger partial charge in [-0.25, -0.2) is 0 Å². The molecule has 0 saturated carbocycles. The fourth-order valence-electron chi connectivity index (χ4n) is 1.44. The summed E-state index contributed by atoms with van der Waals surface area (Å²) in [5.41, 5.74) is 1.55. The number of allylic oxidation sites excluding steroid dienone is 4. The average Bonchev–Trinajstić information content (AvgIpc) is 2.45. The van der Waals surface area contributed by atoms with E-state index in [1.165, 1.54) is 6.07 Å². The monoisotopic (exact) mass is 270 g/mol. The van der Waals surface area contributed by atoms with E-state index >= 15 is 0 Å². The van der Waals surface area contributed by atoms with Crippen LogP contribution in [0, 0.1) is 0 Å². The van der Waals surface area contributed by atoms with E-state index in [2.05, 4.69) is 19.7 Å². The highest BCUT2D eigenvalue weighted by molar-refractivity contribution is 5.54. The second kappa shape index (κ2) is 7.04. The summed E-state index contributed by atoms with van der Waals surface area (Å²) >= 11 is 0. The first-order valence-corrected chi connectivity index (χ1v) is 6.03. The Balaban J connectivity index is 3.18. The van der Waals surface area contributed by atoms with Crippen molar-refractivity contribution in [1.29, 1.82) is 0 Å². The highest BCUT2D eigenvalue weighted by Crippen LogP contribution is 2.30. The van der Waals surface area contributed by atoms with E-state index in [4.69, 9.17) is 4.74 Å². The smallest absolute Gasteiger partial charge is 0.169 e. The van der Waals surface area contributed by atoms with Gasteiger partial charge >= 0.3 is 0 Å². The van der Waals surface area contributed by atoms with Crippen molar-refractivity contribution in [2.24, 2.45) is 0 Å². The van der Waals surface area contributed by atoms with E-state index < -0.39 is 0 Å². The Labute approximate surface area is 119 Å². The molecule has 3 nitrogen and oxygen atoms in total. The van der Waals surface area contributed by atoms with Crippen LogP contribution in [0.1, 0.15) is 12.5 Å². The lowest BCUT2D eigenvalue weighted by molar-refractivity contribution is 0.327. The van der Waals surface area contributed by atoms with Crippen LogP contribution < -0.4 is 4.74 Å². The van der Waals surface area contributed by atoms with Gasteiger partial charge < -0.3 is 14.9 Å². The Kier molecular flexibility index (Phi) is 5.42. The van der Waals surface area contributed by atoms with Gasteiger partial charge in [0.05, 0.1) is 0 Å². The van der Waals surface area contributed by atoms with Crippen LogP contribution in [-0.2, 0) is 0 Å². The normalized spacial score (nSPS) is 11.8. The first-order chi connectivity index (χ1) is 9.51. The summed E-state index contributed by atoms with van der Waals surface area (Å²) < 4.78 is 5.51. The molecule has 0 aliphatic carbocycles. The van der Waals surface area contributed by atoms with E-state index in [1.807, 2.05) is 6.92 Å². The van der Waals surface area contributed by atoms with E-state index in [9.17, 15) is 10.2 Å². The van der Waals surface area contributed by atoms with Gasteiger partial charge in [0, 0.05) is 0 Å². The summed E-state index contributed by atoms with van der Waals surface area (Å²) in [6.45, 7) is 12.6. The van der Waals surface area contributed by atoms with Crippen molar-refractivity contribution in [2.45, 2.75) is 6.92 Å². The zero-order valence-corrected chi connectivity index (χ0v) is 11.5. The first-order valence-electron chi connectivity index (χ1n) is 6.03. The Morgan fingerprint density at radius 1 is 1.30 bits per heavy atom. The van der Waals surface area contributed by atoms with E-state index in [0.717, 1.165) is 11.1 Å². The van der Waals surface area contributed by atoms with Crippen molar-refractivity contribution in [3.63, 3.8) is 0 Å². The molecule has 0 unspecified atom stereocenters. The van der Waals surface area contributed by atoms with Crippen LogP contribution in [0.25, 0.3) is 6.08 Å². The SMILES string of the molecule is C=CC(=C/C)/C=C(/Oc1cc(C=C)ccc1O)C(=C)O. The molecule has 0 radical (unpaired) electrons. The van der Waals surface area contributed by atoms with Gasteiger partial charge in [-0.2, -0.15) is 0 Å². The van der Waals surface area contributed by atoms with Crippen molar-refractivity contribution in [2.75, 3.05) is 0 Å². The van der Waals surface area contributed by atoms with Gasteiger partial charge in [0.15, 0.2) is 23.0 Å². The Bertz CT molecular complexity index is 592. The molecule has 0 aliphatic rings. The minimum absolute atomic E-state index is 0.0385. The molecular formula is C17H18O3. The number of hydrogen-bond acceptors (Lipinski definition) is 3. The Hall–Kier alpha value is -2.68. The topological polar surface area (TPSA) is 49.7 Å². The Morgan fingerprint density at radius 3 is 2.50 bits per heavy atom. The van der Waals surface area contributed by atoms with Crippen LogP contribution in [0.2, 0.25) is 0 Å². The second-order valence-corrected chi connectivity index (χ2v) is 3.98. The third kappa shape index (κ3) is 3.92. The number of hydrogen-bond donors (Lipinski definition) is 2. The summed E-state index contributed by atoms with van der Waals surface area (Å²) in [7, 11) is 0. The van der Waals surface area contributed by atoms with Gasteiger partial charge in [0.25, 0.3) is 0 Å². The fraction of sp³-hybridized carbons (Fsp3) is 0.0588. The number of aliphatic hydroxyl groups excluding tert-OH is 1. The second-order valence-electron chi connectivity index (χ2n) is 3.98. The molecule has 0 atom stereocenters. The highest BCUT2D eigenvalue weighted by atomic mass is 16.5. The van der Waals surface area contributed by atoms with E-state index in [-0.39, 0.29) is 23.0 Å². The minimum atomic E-state index is -0.241. The molecule has 0 aromatic heterocycles. The molecule has 0 aliphatic heterocycles. The summed E-state index contributed by atoms with van der Waals surface area (Å²) in [6, 6.07) is 4.81. The average molecular weight is 270 g/mol. The molecule has 1 aromatic carbocycles. The maximum absolute atomic E-state index is 9.78. The summed E-state index contributed by atoms with van der Waals surface area (Å²) in [4.78, 5) is 0. The van der Waals surface area contributed by atoms with Gasteiger partial charge in [-0.05, 0) is 36.3 Å². The summed E-state index contributed by atoms with van der Waals surface area (Å²) in [5, 5.41) is 19.4. The van der Waals surface area contributed by atoms with Crippen molar-refractivity contribution >= 4 is 6.08 Å². The molecule has 3 heteroatoms. The van der Waals surface area contributed by atoms with Crippen molar-refractivity contribution in [1.82, 2.24) is 0 Å². The van der Waals surface area contributed by atoms with Gasteiger partial charge in [0.1, 0.15) is 0 Å². The fourth-order valence-corrected chi connectivity index (χ4v) is 1.44. The molecule has 0 fully saturated rings. The van der Waals surface area contributed by atoms with Gasteiger partial charge in [-0.1, -0.05) is 44.0 Å². The summed E-state index contributed by atoms with van der Waals surface area (Å²) in [5.74, 6) is 0.0656. The van der Waals surface area contributed by atoms with E-state index in [0.29, 0.717) is 0 Å².